The molecule has 1 rings (SSSR count). The minimum atomic E-state index is -0.962. The molecule has 15 heavy (non-hydrogen) atoms. The number of benzene rings is 1. The average molecular weight is 203 g/mol. The third kappa shape index (κ3) is 2.57. The van der Waals surface area contributed by atoms with Gasteiger partial charge in [0.1, 0.15) is 0 Å². The van der Waals surface area contributed by atoms with Crippen LogP contribution in [0, 0.1) is 11.3 Å². The lowest BCUT2D eigenvalue weighted by atomic mass is 9.89. The van der Waals surface area contributed by atoms with Crippen molar-refractivity contribution in [2.24, 2.45) is 0 Å². The van der Waals surface area contributed by atoms with Crippen LogP contribution in [-0.2, 0) is 5.60 Å². The van der Waals surface area contributed by atoms with Crippen molar-refractivity contribution in [3.63, 3.8) is 0 Å². The molecule has 0 aromatic heterocycles. The fourth-order valence-corrected chi connectivity index (χ4v) is 1.52. The highest BCUT2D eigenvalue weighted by Crippen LogP contribution is 2.27. The molecule has 0 saturated carbocycles. The smallest absolute Gasteiger partial charge is 0.0995 e. The first-order valence-corrected chi connectivity index (χ1v) is 5.13. The molecule has 0 spiro atoms. The second kappa shape index (κ2) is 4.04. The summed E-state index contributed by atoms with van der Waals surface area (Å²) in [6.07, 6.45) is 0. The maximum Gasteiger partial charge on any atom is 0.0995 e. The number of hydrogen-bond donors (Lipinski definition) is 1. The molecule has 0 heterocycles. The predicted octanol–water partition coefficient (Wildman–Crippen LogP) is 2.91. The molecular weight excluding hydrogens is 186 g/mol. The molecular formula is C13H17NO. The summed E-state index contributed by atoms with van der Waals surface area (Å²) in [6.45, 7) is 7.59. The zero-order valence-electron chi connectivity index (χ0n) is 9.70. The largest absolute Gasteiger partial charge is 0.386 e. The number of hydrogen-bond acceptors (Lipinski definition) is 2. The third-order valence-electron chi connectivity index (χ3n) is 2.49. The normalized spacial score (nSPS) is 11.5. The topological polar surface area (TPSA) is 44.0 Å². The lowest BCUT2D eigenvalue weighted by Gasteiger charge is -2.21. The molecule has 0 fully saturated rings. The van der Waals surface area contributed by atoms with E-state index in [4.69, 9.17) is 5.26 Å². The summed E-state index contributed by atoms with van der Waals surface area (Å²) in [4.78, 5) is 0. The van der Waals surface area contributed by atoms with Gasteiger partial charge in [0.2, 0.25) is 0 Å². The number of aliphatic hydroxyl groups is 1. The lowest BCUT2D eigenvalue weighted by Crippen LogP contribution is -2.17. The highest BCUT2D eigenvalue weighted by molar-refractivity contribution is 5.43. The van der Waals surface area contributed by atoms with Crippen LogP contribution < -0.4 is 0 Å². The van der Waals surface area contributed by atoms with E-state index in [9.17, 15) is 5.11 Å². The molecule has 0 bridgehead atoms. The van der Waals surface area contributed by atoms with Crippen molar-refractivity contribution in [1.29, 1.82) is 5.26 Å². The van der Waals surface area contributed by atoms with E-state index >= 15 is 0 Å². The van der Waals surface area contributed by atoms with Gasteiger partial charge in [-0.15, -0.1) is 0 Å². The molecule has 2 nitrogen and oxygen atoms in total. The van der Waals surface area contributed by atoms with E-state index in [0.717, 1.165) is 5.56 Å². The summed E-state index contributed by atoms with van der Waals surface area (Å²) in [6, 6.07) is 7.75. The van der Waals surface area contributed by atoms with Crippen LogP contribution in [0.3, 0.4) is 0 Å². The maximum absolute atomic E-state index is 9.96. The van der Waals surface area contributed by atoms with Gasteiger partial charge < -0.3 is 5.11 Å². The standard InChI is InChI=1S/C13H17NO/c1-9(2)10-5-6-11(8-14)12(7-10)13(3,4)15/h5-7,9,15H,1-4H3. The minimum absolute atomic E-state index is 0.402. The van der Waals surface area contributed by atoms with E-state index in [2.05, 4.69) is 19.9 Å². The summed E-state index contributed by atoms with van der Waals surface area (Å²) in [5.41, 5.74) is 1.44. The highest BCUT2D eigenvalue weighted by Gasteiger charge is 2.20. The van der Waals surface area contributed by atoms with Crippen LogP contribution in [0.2, 0.25) is 0 Å². The van der Waals surface area contributed by atoms with Crippen LogP contribution in [0.4, 0.5) is 0 Å². The van der Waals surface area contributed by atoms with Crippen LogP contribution in [0.5, 0.6) is 0 Å². The Labute approximate surface area is 91.2 Å². The first-order valence-electron chi connectivity index (χ1n) is 5.13. The molecule has 0 aliphatic rings. The Hall–Kier alpha value is -1.33. The zero-order chi connectivity index (χ0) is 11.6. The van der Waals surface area contributed by atoms with Gasteiger partial charge in [-0.3, -0.25) is 0 Å². The third-order valence-corrected chi connectivity index (χ3v) is 2.49. The van der Waals surface area contributed by atoms with Crippen molar-refractivity contribution < 1.29 is 5.11 Å². The summed E-state index contributed by atoms with van der Waals surface area (Å²) in [5.74, 6) is 0.402. The van der Waals surface area contributed by atoms with Crippen molar-refractivity contribution in [1.82, 2.24) is 0 Å². The lowest BCUT2D eigenvalue weighted by molar-refractivity contribution is 0.0782. The molecule has 2 heteroatoms. The van der Waals surface area contributed by atoms with E-state index < -0.39 is 5.60 Å². The number of rotatable bonds is 2. The van der Waals surface area contributed by atoms with Gasteiger partial charge in [-0.25, -0.2) is 0 Å². The molecule has 0 amide bonds. The van der Waals surface area contributed by atoms with Crippen molar-refractivity contribution in [3.05, 3.63) is 34.9 Å². The molecule has 0 unspecified atom stereocenters. The van der Waals surface area contributed by atoms with Crippen LogP contribution in [0.1, 0.15) is 50.3 Å². The van der Waals surface area contributed by atoms with Gasteiger partial charge in [0, 0.05) is 5.56 Å². The average Bonchev–Trinajstić information content (AvgIpc) is 2.15. The van der Waals surface area contributed by atoms with Gasteiger partial charge in [-0.05, 0) is 31.4 Å². The second-order valence-corrected chi connectivity index (χ2v) is 4.63. The monoisotopic (exact) mass is 203 g/mol. The minimum Gasteiger partial charge on any atom is -0.386 e. The first-order chi connectivity index (χ1) is 6.86. The van der Waals surface area contributed by atoms with Gasteiger partial charge in [0.25, 0.3) is 0 Å². The molecule has 0 saturated heterocycles. The number of nitrogens with zero attached hydrogens (tertiary/aromatic N) is 1. The van der Waals surface area contributed by atoms with Crippen LogP contribution >= 0.6 is 0 Å². The van der Waals surface area contributed by atoms with E-state index in [0.29, 0.717) is 17.0 Å². The van der Waals surface area contributed by atoms with Crippen molar-refractivity contribution >= 4 is 0 Å². The van der Waals surface area contributed by atoms with Crippen LogP contribution in [-0.4, -0.2) is 5.11 Å². The van der Waals surface area contributed by atoms with Gasteiger partial charge in [0.15, 0.2) is 0 Å². The van der Waals surface area contributed by atoms with E-state index in [-0.39, 0.29) is 0 Å². The Morgan fingerprint density at radius 3 is 2.33 bits per heavy atom. The molecule has 0 atom stereocenters. The summed E-state index contributed by atoms with van der Waals surface area (Å²) >= 11 is 0. The second-order valence-electron chi connectivity index (χ2n) is 4.63. The van der Waals surface area contributed by atoms with Crippen LogP contribution in [0.15, 0.2) is 18.2 Å². The fourth-order valence-electron chi connectivity index (χ4n) is 1.52. The van der Waals surface area contributed by atoms with Gasteiger partial charge in [0.05, 0.1) is 17.2 Å². The predicted molar refractivity (Wildman–Crippen MR) is 60.5 cm³/mol. The van der Waals surface area contributed by atoms with Crippen molar-refractivity contribution in [2.45, 2.75) is 39.2 Å². The Morgan fingerprint density at radius 2 is 1.93 bits per heavy atom. The Kier molecular flexibility index (Phi) is 3.16. The van der Waals surface area contributed by atoms with Crippen molar-refractivity contribution in [2.75, 3.05) is 0 Å². The molecule has 0 radical (unpaired) electrons. The summed E-state index contributed by atoms with van der Waals surface area (Å²) < 4.78 is 0. The summed E-state index contributed by atoms with van der Waals surface area (Å²) in [7, 11) is 0. The van der Waals surface area contributed by atoms with Crippen molar-refractivity contribution in [3.8, 4) is 6.07 Å². The Morgan fingerprint density at radius 1 is 1.33 bits per heavy atom. The SMILES string of the molecule is CC(C)c1ccc(C#N)c(C(C)(C)O)c1. The molecule has 1 N–H and O–H groups in total. The van der Waals surface area contributed by atoms with Gasteiger partial charge >= 0.3 is 0 Å². The zero-order valence-corrected chi connectivity index (χ0v) is 9.70. The first kappa shape index (κ1) is 11.7. The Balaban J connectivity index is 3.34. The molecule has 0 aliphatic carbocycles. The van der Waals surface area contributed by atoms with Gasteiger partial charge in [-0.2, -0.15) is 5.26 Å². The molecule has 80 valence electrons. The van der Waals surface area contributed by atoms with E-state index in [1.165, 1.54) is 0 Å². The van der Waals surface area contributed by atoms with E-state index in [1.54, 1.807) is 19.9 Å². The van der Waals surface area contributed by atoms with E-state index in [1.807, 2.05) is 12.1 Å². The summed E-state index contributed by atoms with van der Waals surface area (Å²) in [5, 5.41) is 18.9. The maximum atomic E-state index is 9.96. The van der Waals surface area contributed by atoms with Gasteiger partial charge in [-0.1, -0.05) is 26.0 Å². The highest BCUT2D eigenvalue weighted by atomic mass is 16.3. The molecule has 1 aromatic rings. The quantitative estimate of drug-likeness (QED) is 0.803. The number of nitriles is 1. The molecule has 0 aliphatic heterocycles. The Bertz CT molecular complexity index is 394. The molecule has 1 aromatic carbocycles. The fraction of sp³-hybridized carbons (Fsp3) is 0.462. The van der Waals surface area contributed by atoms with Crippen LogP contribution in [0.25, 0.3) is 0 Å².